The van der Waals surface area contributed by atoms with E-state index in [9.17, 15) is 0 Å². The summed E-state index contributed by atoms with van der Waals surface area (Å²) in [4.78, 5) is 10.2. The zero-order chi connectivity index (χ0) is 35.3. The van der Waals surface area contributed by atoms with Crippen molar-refractivity contribution in [3.05, 3.63) is 101 Å². The number of aliphatic imine (C=N–C) groups is 2. The van der Waals surface area contributed by atoms with E-state index in [0.717, 1.165) is 46.3 Å². The molecule has 51 heavy (non-hydrogen) atoms. The Morgan fingerprint density at radius 3 is 1.98 bits per heavy atom. The van der Waals surface area contributed by atoms with Crippen molar-refractivity contribution < 1.29 is 4.42 Å². The molecule has 6 aromatic rings. The van der Waals surface area contributed by atoms with E-state index in [1.54, 1.807) is 0 Å². The molecule has 222 valence electrons. The summed E-state index contributed by atoms with van der Waals surface area (Å²) in [5.74, 6) is 2.10. The van der Waals surface area contributed by atoms with Crippen molar-refractivity contribution in [2.45, 2.75) is 25.0 Å². The number of hydrogen-bond acceptors (Lipinski definition) is 4. The number of hydrogen-bond donors (Lipinski definition) is 1. The highest BCUT2D eigenvalue weighted by atomic mass is 16.3. The molecule has 2 atom stereocenters. The van der Waals surface area contributed by atoms with Crippen molar-refractivity contribution in [1.82, 2.24) is 9.88 Å². The Bertz CT molecular complexity index is 2590. The van der Waals surface area contributed by atoms with Crippen LogP contribution in [0.4, 0.5) is 0 Å². The SMILES string of the molecule is [B]c1c([B])c([B])c2c(c1[B])c1c([B])c([B])c([B])c([B])c1n2C1C=Cc2oc3cccc(C4=NC(c5ccccc5)N=C(C5=CC=CCC5)N4)c3c21. The smallest absolute Gasteiger partial charge is 0.169 e. The van der Waals surface area contributed by atoms with Crippen molar-refractivity contribution in [2.24, 2.45) is 9.98 Å². The molecule has 0 saturated carbocycles. The largest absolute Gasteiger partial charge is 0.456 e. The van der Waals surface area contributed by atoms with Crippen LogP contribution in [0.25, 0.3) is 38.9 Å². The highest BCUT2D eigenvalue weighted by Crippen LogP contribution is 2.44. The van der Waals surface area contributed by atoms with E-state index in [1.807, 2.05) is 65.3 Å². The number of nitrogens with one attached hydrogen (secondary N) is 1. The third-order valence-corrected chi connectivity index (χ3v) is 10.2. The Labute approximate surface area is 306 Å². The second-order valence-electron chi connectivity index (χ2n) is 13.0. The first-order valence-corrected chi connectivity index (χ1v) is 16.5. The summed E-state index contributed by atoms with van der Waals surface area (Å²) in [6.07, 6.45) is 11.6. The van der Waals surface area contributed by atoms with Crippen LogP contribution in [0.2, 0.25) is 0 Å². The lowest BCUT2D eigenvalue weighted by Crippen LogP contribution is -2.49. The predicted octanol–water partition coefficient (Wildman–Crippen LogP) is -0.769. The Morgan fingerprint density at radius 1 is 0.686 bits per heavy atom. The highest BCUT2D eigenvalue weighted by molar-refractivity contribution is 6.71. The second kappa shape index (κ2) is 11.8. The van der Waals surface area contributed by atoms with Crippen molar-refractivity contribution >= 4 is 157 Å². The van der Waals surface area contributed by atoms with Gasteiger partial charge in [-0.2, -0.15) is 0 Å². The van der Waals surface area contributed by atoms with Crippen LogP contribution in [-0.2, 0) is 0 Å². The summed E-state index contributed by atoms with van der Waals surface area (Å²) >= 11 is 0. The Morgan fingerprint density at radius 2 is 1.33 bits per heavy atom. The molecule has 0 amide bonds. The Kier molecular flexibility index (Phi) is 7.43. The van der Waals surface area contributed by atoms with Crippen LogP contribution in [0.5, 0.6) is 0 Å². The molecule has 3 aliphatic rings. The van der Waals surface area contributed by atoms with Crippen LogP contribution >= 0.6 is 0 Å². The summed E-state index contributed by atoms with van der Waals surface area (Å²) in [7, 11) is 52.6. The van der Waals surface area contributed by atoms with Crippen LogP contribution in [0, 0.1) is 0 Å². The van der Waals surface area contributed by atoms with Gasteiger partial charge in [-0.25, -0.2) is 9.98 Å². The fourth-order valence-corrected chi connectivity index (χ4v) is 7.65. The van der Waals surface area contributed by atoms with Gasteiger partial charge in [0, 0.05) is 27.5 Å². The van der Waals surface area contributed by atoms with E-state index in [2.05, 4.69) is 23.5 Å². The molecular weight excluding hydrogens is 615 g/mol. The summed E-state index contributed by atoms with van der Waals surface area (Å²) in [5, 5.41) is 5.39. The Balaban J connectivity index is 1.31. The molecule has 0 bridgehead atoms. The van der Waals surface area contributed by atoms with Crippen molar-refractivity contribution in [3.63, 3.8) is 0 Å². The monoisotopic (exact) mass is 636 g/mol. The van der Waals surface area contributed by atoms with E-state index in [0.29, 0.717) is 39.0 Å². The maximum Gasteiger partial charge on any atom is 0.169 e. The van der Waals surface area contributed by atoms with Gasteiger partial charge in [0.2, 0.25) is 0 Å². The number of fused-ring (bicyclic) bond motifs is 6. The van der Waals surface area contributed by atoms with E-state index in [4.69, 9.17) is 77.2 Å². The molecule has 2 aromatic heterocycles. The van der Waals surface area contributed by atoms with Gasteiger partial charge in [-0.05, 0) is 46.9 Å². The lowest BCUT2D eigenvalue weighted by atomic mass is 9.63. The van der Waals surface area contributed by atoms with E-state index in [-0.39, 0.29) is 43.7 Å². The summed E-state index contributed by atoms with van der Waals surface area (Å²) in [5.41, 5.74) is 6.87. The third kappa shape index (κ3) is 4.66. The number of amidine groups is 2. The topological polar surface area (TPSA) is 54.8 Å². The van der Waals surface area contributed by atoms with Crippen molar-refractivity contribution in [1.29, 1.82) is 0 Å². The minimum atomic E-state index is -0.523. The van der Waals surface area contributed by atoms with Gasteiger partial charge < -0.3 is 14.3 Å². The van der Waals surface area contributed by atoms with Gasteiger partial charge in [-0.15, -0.1) is 21.9 Å². The minimum Gasteiger partial charge on any atom is -0.456 e. The molecule has 4 aromatic carbocycles. The molecule has 2 aliphatic carbocycles. The van der Waals surface area contributed by atoms with Gasteiger partial charge in [0.25, 0.3) is 0 Å². The second-order valence-corrected chi connectivity index (χ2v) is 13.0. The molecular formula is C38H20B8N4O. The molecule has 0 fully saturated rings. The number of aromatic nitrogens is 1. The lowest BCUT2D eigenvalue weighted by molar-refractivity contribution is 0.598. The van der Waals surface area contributed by atoms with Crippen LogP contribution in [-0.4, -0.2) is 79.0 Å². The fraction of sp³-hybridized carbons (Fsp3) is 0.105. The lowest BCUT2D eigenvalue weighted by Gasteiger charge is -2.25. The molecule has 9 rings (SSSR count). The first kappa shape index (κ1) is 32.0. The molecule has 2 unspecified atom stereocenters. The van der Waals surface area contributed by atoms with E-state index >= 15 is 0 Å². The van der Waals surface area contributed by atoms with E-state index < -0.39 is 12.2 Å². The minimum absolute atomic E-state index is 0.140. The summed E-state index contributed by atoms with van der Waals surface area (Å²) in [6, 6.07) is 15.4. The number of nitrogens with zero attached hydrogens (tertiary/aromatic N) is 3. The average Bonchev–Trinajstić information content (AvgIpc) is 3.85. The fourth-order valence-electron chi connectivity index (χ4n) is 7.65. The summed E-state index contributed by atoms with van der Waals surface area (Å²) < 4.78 is 8.46. The highest BCUT2D eigenvalue weighted by Gasteiger charge is 2.33. The number of benzene rings is 4. The van der Waals surface area contributed by atoms with Crippen LogP contribution < -0.4 is 49.0 Å². The van der Waals surface area contributed by atoms with Crippen LogP contribution in [0.15, 0.2) is 92.8 Å². The van der Waals surface area contributed by atoms with Crippen molar-refractivity contribution in [3.8, 4) is 0 Å². The predicted molar refractivity (Wildman–Crippen MR) is 219 cm³/mol. The molecule has 3 heterocycles. The zero-order valence-corrected chi connectivity index (χ0v) is 27.4. The van der Waals surface area contributed by atoms with Gasteiger partial charge in [0.1, 0.15) is 85.8 Å². The molecule has 13 heteroatoms. The zero-order valence-electron chi connectivity index (χ0n) is 27.4. The maximum absolute atomic E-state index is 6.78. The normalized spacial score (nSPS) is 18.2. The molecule has 16 radical (unpaired) electrons. The molecule has 0 saturated heterocycles. The first-order valence-electron chi connectivity index (χ1n) is 16.5. The standard InChI is InChI=1S/C38H20B8N4O/c39-26-24-25-27(40)29(42)31(44)33(46)35(25)50(34(24)32(45)30(43)28(26)41)19-14-15-21-23(19)22-18(12-7-13-20(22)51-21)38-48-36(16-8-3-1-4-9-16)47-37(49-38)17-10-5-2-6-11-17/h1-5,7-10,12-15,19,36H,6,11H2,(H,47,48,49). The van der Waals surface area contributed by atoms with Gasteiger partial charge in [-0.3, -0.25) is 0 Å². The number of rotatable bonds is 4. The molecule has 1 N–H and O–H groups in total. The molecule has 5 nitrogen and oxygen atoms in total. The van der Waals surface area contributed by atoms with Crippen molar-refractivity contribution in [2.75, 3.05) is 0 Å². The third-order valence-electron chi connectivity index (χ3n) is 10.2. The van der Waals surface area contributed by atoms with Crippen LogP contribution in [0.3, 0.4) is 0 Å². The Hall–Kier alpha value is -4.90. The molecule has 0 spiro atoms. The quantitative estimate of drug-likeness (QED) is 0.259. The van der Waals surface area contributed by atoms with Gasteiger partial charge in [0.15, 0.2) is 6.17 Å². The summed E-state index contributed by atoms with van der Waals surface area (Å²) in [6.45, 7) is 0. The van der Waals surface area contributed by atoms with Crippen LogP contribution in [0.1, 0.15) is 47.5 Å². The van der Waals surface area contributed by atoms with Gasteiger partial charge in [-0.1, -0.05) is 88.6 Å². The molecule has 1 aliphatic heterocycles. The van der Waals surface area contributed by atoms with Gasteiger partial charge in [0.05, 0.1) is 6.04 Å². The number of furan rings is 1. The average molecular weight is 635 g/mol. The first-order chi connectivity index (χ1) is 24.7. The van der Waals surface area contributed by atoms with Gasteiger partial charge >= 0.3 is 0 Å². The van der Waals surface area contributed by atoms with E-state index in [1.165, 1.54) is 0 Å². The number of allylic oxidation sites excluding steroid dienone is 4. The maximum atomic E-state index is 6.78.